The van der Waals surface area contributed by atoms with Gasteiger partial charge >= 0.3 is 5.97 Å². The number of aromatic hydroxyl groups is 1. The Morgan fingerprint density at radius 1 is 1.24 bits per heavy atom. The van der Waals surface area contributed by atoms with Crippen molar-refractivity contribution in [2.24, 2.45) is 0 Å². The maximum absolute atomic E-state index is 12.0. The van der Waals surface area contributed by atoms with Crippen LogP contribution < -0.4 is 10.9 Å². The van der Waals surface area contributed by atoms with Gasteiger partial charge in [0, 0.05) is 12.1 Å². The fraction of sp³-hybridized carbons (Fsp3) is 0. The van der Waals surface area contributed by atoms with Crippen LogP contribution in [0.1, 0.15) is 20.7 Å². The first kappa shape index (κ1) is 14.6. The Balaban J connectivity index is 2.38. The normalized spacial score (nSPS) is 10.1. The van der Waals surface area contributed by atoms with Gasteiger partial charge in [0.25, 0.3) is 11.5 Å². The first-order valence-electron chi connectivity index (χ1n) is 5.65. The summed E-state index contributed by atoms with van der Waals surface area (Å²) >= 11 is 5.78. The Hall–Kier alpha value is -2.80. The number of aromatic nitrogens is 1. The lowest BCUT2D eigenvalue weighted by molar-refractivity contribution is 0.0698. The van der Waals surface area contributed by atoms with Gasteiger partial charge in [0.15, 0.2) is 5.88 Å². The standard InChI is InChI=1S/C13H9ClN2O5/c14-7-2-1-3-8(11(7)13(20)21)15-12(19)6-4-9(17)16-10(18)5-6/h1-5H,(H,15,19)(H,20,21)(H2,16,17,18). The summed E-state index contributed by atoms with van der Waals surface area (Å²) in [7, 11) is 0. The smallest absolute Gasteiger partial charge is 0.339 e. The topological polar surface area (TPSA) is 119 Å². The molecule has 0 bridgehead atoms. The van der Waals surface area contributed by atoms with Crippen LogP contribution in [0.3, 0.4) is 0 Å². The summed E-state index contributed by atoms with van der Waals surface area (Å²) in [6.45, 7) is 0. The fourth-order valence-electron chi connectivity index (χ4n) is 1.70. The van der Waals surface area contributed by atoms with E-state index in [9.17, 15) is 19.5 Å². The predicted molar refractivity (Wildman–Crippen MR) is 75.1 cm³/mol. The minimum absolute atomic E-state index is 0.0141. The number of halogens is 1. The molecule has 0 aliphatic heterocycles. The number of hydrogen-bond acceptors (Lipinski definition) is 4. The molecule has 2 aromatic rings. The number of aromatic carboxylic acids is 1. The summed E-state index contributed by atoms with van der Waals surface area (Å²) in [5, 5.41) is 20.6. The van der Waals surface area contributed by atoms with Gasteiger partial charge in [0.05, 0.1) is 16.3 Å². The van der Waals surface area contributed by atoms with Gasteiger partial charge in [-0.25, -0.2) is 4.79 Å². The molecule has 0 radical (unpaired) electrons. The van der Waals surface area contributed by atoms with Crippen LogP contribution in [0.25, 0.3) is 0 Å². The van der Waals surface area contributed by atoms with Gasteiger partial charge < -0.3 is 15.5 Å². The highest BCUT2D eigenvalue weighted by Crippen LogP contribution is 2.24. The van der Waals surface area contributed by atoms with Gasteiger partial charge in [-0.2, -0.15) is 0 Å². The number of aromatic amines is 1. The lowest BCUT2D eigenvalue weighted by Crippen LogP contribution is -2.17. The van der Waals surface area contributed by atoms with Gasteiger partial charge in [-0.1, -0.05) is 17.7 Å². The molecule has 0 atom stereocenters. The molecule has 0 saturated carbocycles. The monoisotopic (exact) mass is 308 g/mol. The molecule has 7 nitrogen and oxygen atoms in total. The second-order valence-electron chi connectivity index (χ2n) is 4.04. The molecule has 0 aliphatic carbocycles. The largest absolute Gasteiger partial charge is 0.494 e. The van der Waals surface area contributed by atoms with Crippen molar-refractivity contribution in [1.29, 1.82) is 0 Å². The average Bonchev–Trinajstić information content (AvgIpc) is 2.37. The number of carbonyl (C=O) groups is 2. The van der Waals surface area contributed by atoms with Crippen molar-refractivity contribution in [2.45, 2.75) is 0 Å². The number of rotatable bonds is 3. The molecule has 1 aromatic heterocycles. The van der Waals surface area contributed by atoms with E-state index < -0.39 is 23.3 Å². The Bertz CT molecular complexity index is 784. The van der Waals surface area contributed by atoms with E-state index in [0.717, 1.165) is 12.1 Å². The number of carboxylic acid groups (broad SMARTS) is 1. The van der Waals surface area contributed by atoms with Crippen molar-refractivity contribution in [3.8, 4) is 5.88 Å². The highest BCUT2D eigenvalue weighted by molar-refractivity contribution is 6.34. The zero-order chi connectivity index (χ0) is 15.6. The minimum Gasteiger partial charge on any atom is -0.494 e. The van der Waals surface area contributed by atoms with Crippen molar-refractivity contribution in [3.63, 3.8) is 0 Å². The van der Waals surface area contributed by atoms with E-state index in [-0.39, 0.29) is 21.8 Å². The lowest BCUT2D eigenvalue weighted by atomic mass is 10.1. The highest BCUT2D eigenvalue weighted by Gasteiger charge is 2.17. The molecule has 21 heavy (non-hydrogen) atoms. The van der Waals surface area contributed by atoms with Crippen molar-refractivity contribution in [1.82, 2.24) is 4.98 Å². The number of pyridine rings is 1. The van der Waals surface area contributed by atoms with Crippen LogP contribution in [0.5, 0.6) is 5.88 Å². The predicted octanol–water partition coefficient (Wildman–Crippen LogP) is 1.68. The third kappa shape index (κ3) is 3.21. The first-order valence-corrected chi connectivity index (χ1v) is 6.03. The summed E-state index contributed by atoms with van der Waals surface area (Å²) in [5.74, 6) is -2.52. The van der Waals surface area contributed by atoms with E-state index in [0.29, 0.717) is 0 Å². The number of benzene rings is 1. The number of nitrogens with one attached hydrogen (secondary N) is 2. The maximum atomic E-state index is 12.0. The van der Waals surface area contributed by atoms with Gasteiger partial charge in [0.1, 0.15) is 5.56 Å². The fourth-order valence-corrected chi connectivity index (χ4v) is 1.96. The zero-order valence-corrected chi connectivity index (χ0v) is 11.1. The molecule has 2 rings (SSSR count). The van der Waals surface area contributed by atoms with Crippen LogP contribution in [0, 0.1) is 0 Å². The van der Waals surface area contributed by atoms with Crippen molar-refractivity contribution < 1.29 is 19.8 Å². The molecule has 0 unspecified atom stereocenters. The van der Waals surface area contributed by atoms with Gasteiger partial charge in [0.2, 0.25) is 0 Å². The molecule has 0 fully saturated rings. The van der Waals surface area contributed by atoms with E-state index in [1.165, 1.54) is 18.2 Å². The summed E-state index contributed by atoms with van der Waals surface area (Å²) in [6.07, 6.45) is 0. The molecule has 1 heterocycles. The van der Waals surface area contributed by atoms with Gasteiger partial charge in [-0.05, 0) is 12.1 Å². The second-order valence-corrected chi connectivity index (χ2v) is 4.45. The van der Waals surface area contributed by atoms with Crippen LogP contribution in [0.4, 0.5) is 5.69 Å². The number of H-pyrrole nitrogens is 1. The third-order valence-corrected chi connectivity index (χ3v) is 2.88. The Morgan fingerprint density at radius 3 is 2.57 bits per heavy atom. The van der Waals surface area contributed by atoms with Gasteiger partial charge in [-0.3, -0.25) is 14.6 Å². The highest BCUT2D eigenvalue weighted by atomic mass is 35.5. The molecule has 108 valence electrons. The van der Waals surface area contributed by atoms with E-state index in [4.69, 9.17) is 16.7 Å². The molecule has 0 spiro atoms. The molecule has 8 heteroatoms. The Labute approximate surface area is 122 Å². The number of anilines is 1. The average molecular weight is 309 g/mol. The van der Waals surface area contributed by atoms with Crippen LogP contribution in [0.15, 0.2) is 35.1 Å². The van der Waals surface area contributed by atoms with Crippen molar-refractivity contribution in [2.75, 3.05) is 5.32 Å². The molecule has 1 amide bonds. The maximum Gasteiger partial charge on any atom is 0.339 e. The molecule has 4 N–H and O–H groups in total. The van der Waals surface area contributed by atoms with Crippen LogP contribution in [0.2, 0.25) is 5.02 Å². The minimum atomic E-state index is -1.30. The van der Waals surface area contributed by atoms with Crippen molar-refractivity contribution in [3.05, 3.63) is 56.8 Å². The van der Waals surface area contributed by atoms with E-state index in [1.54, 1.807) is 0 Å². The summed E-state index contributed by atoms with van der Waals surface area (Å²) in [6, 6.07) is 6.22. The lowest BCUT2D eigenvalue weighted by Gasteiger charge is -2.09. The SMILES string of the molecule is O=C(Nc1cccc(Cl)c1C(=O)O)c1cc(O)[nH]c(=O)c1. The van der Waals surface area contributed by atoms with Crippen LogP contribution in [-0.2, 0) is 0 Å². The molecule has 0 saturated heterocycles. The van der Waals surface area contributed by atoms with E-state index in [1.807, 2.05) is 0 Å². The second kappa shape index (κ2) is 5.68. The van der Waals surface area contributed by atoms with Crippen LogP contribution >= 0.6 is 11.6 Å². The quantitative estimate of drug-likeness (QED) is 0.687. The Morgan fingerprint density at radius 2 is 1.95 bits per heavy atom. The summed E-state index contributed by atoms with van der Waals surface area (Å²) in [5.41, 5.74) is -1.06. The third-order valence-electron chi connectivity index (χ3n) is 2.57. The Kier molecular flexibility index (Phi) is 3.95. The number of carbonyl (C=O) groups excluding carboxylic acids is 1. The van der Waals surface area contributed by atoms with E-state index >= 15 is 0 Å². The first-order chi connectivity index (χ1) is 9.88. The molecular weight excluding hydrogens is 300 g/mol. The number of amides is 1. The van der Waals surface area contributed by atoms with Crippen molar-refractivity contribution >= 4 is 29.2 Å². The van der Waals surface area contributed by atoms with Crippen LogP contribution in [-0.4, -0.2) is 27.1 Å². The summed E-state index contributed by atoms with van der Waals surface area (Å²) in [4.78, 5) is 36.4. The summed E-state index contributed by atoms with van der Waals surface area (Å²) < 4.78 is 0. The number of hydrogen-bond donors (Lipinski definition) is 4. The molecular formula is C13H9ClN2O5. The van der Waals surface area contributed by atoms with E-state index in [2.05, 4.69) is 10.3 Å². The number of carboxylic acids is 1. The van der Waals surface area contributed by atoms with Gasteiger partial charge in [-0.15, -0.1) is 0 Å². The zero-order valence-electron chi connectivity index (χ0n) is 10.4. The molecule has 1 aromatic carbocycles. The molecule has 0 aliphatic rings.